The molecule has 0 amide bonds. The lowest BCUT2D eigenvalue weighted by atomic mass is 10.1. The normalized spacial score (nSPS) is 13.2. The van der Waals surface area contributed by atoms with Crippen LogP contribution < -0.4 is 0 Å². The van der Waals surface area contributed by atoms with Crippen LogP contribution in [-0.2, 0) is 30.3 Å². The Kier molecular flexibility index (Phi) is 7.51. The third kappa shape index (κ3) is 6.26. The molecule has 1 atom stereocenters. The summed E-state index contributed by atoms with van der Waals surface area (Å²) in [6, 6.07) is 5.53. The van der Waals surface area contributed by atoms with Gasteiger partial charge in [0.2, 0.25) is 0 Å². The minimum Gasteiger partial charge on any atom is -0.464 e. The van der Waals surface area contributed by atoms with Crippen LogP contribution in [-0.4, -0.2) is 37.5 Å². The largest absolute Gasteiger partial charge is 0.523 e. The van der Waals surface area contributed by atoms with Gasteiger partial charge in [-0.3, -0.25) is 10.1 Å². The monoisotopic (exact) mass is 399 g/mol. The minimum absolute atomic E-state index is 0.0397. The van der Waals surface area contributed by atoms with E-state index in [0.717, 1.165) is 0 Å². The van der Waals surface area contributed by atoms with Gasteiger partial charge in [0.05, 0.1) is 11.5 Å². The lowest BCUT2D eigenvalue weighted by Crippen LogP contribution is -2.35. The fourth-order valence-electron chi connectivity index (χ4n) is 1.97. The van der Waals surface area contributed by atoms with Gasteiger partial charge >= 0.3 is 21.6 Å². The molecule has 0 aliphatic rings. The number of hydrogen-bond acceptors (Lipinski definition) is 7. The van der Waals surface area contributed by atoms with E-state index in [4.69, 9.17) is 0 Å². The van der Waals surface area contributed by atoms with Gasteiger partial charge < -0.3 is 4.74 Å². The first-order chi connectivity index (χ1) is 12.0. The maximum absolute atomic E-state index is 12.4. The number of halogens is 3. The standard InChI is InChI=1S/C14H16F3NO7S/c1-2-24-13(19)12(25-26(22,23)14(15,16)17)8-4-6-10-5-3-7-11(9-10)18(20)21/h3,5,7,9,12H,2,4,6,8H2,1H3. The van der Waals surface area contributed by atoms with Gasteiger partial charge in [-0.2, -0.15) is 21.6 Å². The Balaban J connectivity index is 2.80. The van der Waals surface area contributed by atoms with E-state index in [-0.39, 0.29) is 31.6 Å². The number of carbonyl (C=O) groups is 1. The molecule has 26 heavy (non-hydrogen) atoms. The van der Waals surface area contributed by atoms with Crippen LogP contribution in [0.2, 0.25) is 0 Å². The molecule has 0 bridgehead atoms. The average molecular weight is 399 g/mol. The highest BCUT2D eigenvalue weighted by atomic mass is 32.2. The zero-order chi connectivity index (χ0) is 20.0. The number of rotatable bonds is 9. The fraction of sp³-hybridized carbons (Fsp3) is 0.500. The third-order valence-corrected chi connectivity index (χ3v) is 4.18. The van der Waals surface area contributed by atoms with Crippen molar-refractivity contribution < 1.29 is 40.2 Å². The first kappa shape index (κ1) is 21.8. The molecule has 12 heteroatoms. The number of nitro groups is 1. The van der Waals surface area contributed by atoms with E-state index < -0.39 is 32.6 Å². The summed E-state index contributed by atoms with van der Waals surface area (Å²) in [6.07, 6.45) is -2.14. The molecule has 0 aliphatic carbocycles. The summed E-state index contributed by atoms with van der Waals surface area (Å²) in [5.41, 5.74) is -5.33. The topological polar surface area (TPSA) is 113 Å². The lowest BCUT2D eigenvalue weighted by molar-refractivity contribution is -0.384. The molecule has 0 spiro atoms. The van der Waals surface area contributed by atoms with Crippen LogP contribution in [0.4, 0.5) is 18.9 Å². The first-order valence-corrected chi connectivity index (χ1v) is 8.78. The van der Waals surface area contributed by atoms with Gasteiger partial charge in [-0.1, -0.05) is 12.1 Å². The second-order valence-electron chi connectivity index (χ2n) is 5.06. The van der Waals surface area contributed by atoms with E-state index >= 15 is 0 Å². The van der Waals surface area contributed by atoms with Crippen LogP contribution in [0.3, 0.4) is 0 Å². The Labute approximate surface area is 147 Å². The van der Waals surface area contributed by atoms with Gasteiger partial charge in [-0.05, 0) is 31.7 Å². The number of benzene rings is 1. The number of hydrogen-bond donors (Lipinski definition) is 0. The quantitative estimate of drug-likeness (QED) is 0.206. The summed E-state index contributed by atoms with van der Waals surface area (Å²) >= 11 is 0. The zero-order valence-corrected chi connectivity index (χ0v) is 14.4. The number of carbonyl (C=O) groups excluding carboxylic acids is 1. The first-order valence-electron chi connectivity index (χ1n) is 7.37. The third-order valence-electron chi connectivity index (χ3n) is 3.13. The molecule has 0 radical (unpaired) electrons. The molecule has 1 aromatic rings. The van der Waals surface area contributed by atoms with Gasteiger partial charge in [0, 0.05) is 12.1 Å². The highest BCUT2D eigenvalue weighted by Gasteiger charge is 2.49. The Morgan fingerprint density at radius 3 is 2.54 bits per heavy atom. The molecule has 146 valence electrons. The number of esters is 1. The number of alkyl halides is 3. The van der Waals surface area contributed by atoms with Gasteiger partial charge in [0.25, 0.3) is 5.69 Å². The van der Waals surface area contributed by atoms with Crippen molar-refractivity contribution in [2.45, 2.75) is 37.8 Å². The summed E-state index contributed by atoms with van der Waals surface area (Å²) in [6.45, 7) is 1.23. The van der Waals surface area contributed by atoms with Crippen molar-refractivity contribution in [3.63, 3.8) is 0 Å². The predicted octanol–water partition coefficient (Wildman–Crippen LogP) is 2.72. The van der Waals surface area contributed by atoms with E-state index in [1.807, 2.05) is 0 Å². The molecule has 1 rings (SSSR count). The maximum Gasteiger partial charge on any atom is 0.523 e. The van der Waals surface area contributed by atoms with E-state index in [9.17, 15) is 36.5 Å². The molecule has 0 fully saturated rings. The van der Waals surface area contributed by atoms with Gasteiger partial charge in [0.15, 0.2) is 6.10 Å². The SMILES string of the molecule is CCOC(=O)C(CCCc1cccc([N+](=O)[O-])c1)OS(=O)(=O)C(F)(F)F. The highest BCUT2D eigenvalue weighted by molar-refractivity contribution is 7.87. The Bertz CT molecular complexity index is 749. The Morgan fingerprint density at radius 1 is 1.35 bits per heavy atom. The summed E-state index contributed by atoms with van der Waals surface area (Å²) in [5, 5.41) is 10.7. The molecule has 0 aromatic heterocycles. The molecule has 1 unspecified atom stereocenters. The maximum atomic E-state index is 12.4. The van der Waals surface area contributed by atoms with Gasteiger partial charge in [-0.15, -0.1) is 0 Å². The van der Waals surface area contributed by atoms with Gasteiger partial charge in [-0.25, -0.2) is 8.98 Å². The van der Waals surface area contributed by atoms with Crippen molar-refractivity contribution in [3.8, 4) is 0 Å². The number of ether oxygens (including phenoxy) is 1. The number of nitrogens with zero attached hydrogens (tertiary/aromatic N) is 1. The van der Waals surface area contributed by atoms with Crippen molar-refractivity contribution in [2.75, 3.05) is 6.61 Å². The van der Waals surface area contributed by atoms with Crippen molar-refractivity contribution in [1.29, 1.82) is 0 Å². The van der Waals surface area contributed by atoms with Crippen molar-refractivity contribution in [2.24, 2.45) is 0 Å². The second kappa shape index (κ2) is 8.94. The lowest BCUT2D eigenvalue weighted by Gasteiger charge is -2.17. The summed E-state index contributed by atoms with van der Waals surface area (Å²) in [4.78, 5) is 21.8. The van der Waals surface area contributed by atoms with Gasteiger partial charge in [0.1, 0.15) is 0 Å². The molecule has 8 nitrogen and oxygen atoms in total. The highest BCUT2D eigenvalue weighted by Crippen LogP contribution is 2.27. The number of aryl methyl sites for hydroxylation is 1. The molecule has 0 saturated heterocycles. The molecular formula is C14H16F3NO7S. The molecule has 0 saturated carbocycles. The van der Waals surface area contributed by atoms with Crippen molar-refractivity contribution in [1.82, 2.24) is 0 Å². The predicted molar refractivity (Wildman–Crippen MR) is 82.5 cm³/mol. The average Bonchev–Trinajstić information content (AvgIpc) is 2.53. The van der Waals surface area contributed by atoms with Crippen LogP contribution >= 0.6 is 0 Å². The minimum atomic E-state index is -5.96. The number of nitro benzene ring substituents is 1. The molecule has 0 N–H and O–H groups in total. The van der Waals surface area contributed by atoms with E-state index in [1.54, 1.807) is 6.07 Å². The summed E-state index contributed by atoms with van der Waals surface area (Å²) in [7, 11) is -5.96. The van der Waals surface area contributed by atoms with Crippen molar-refractivity contribution in [3.05, 3.63) is 39.9 Å². The summed E-state index contributed by atoms with van der Waals surface area (Å²) < 4.78 is 68.0. The van der Waals surface area contributed by atoms with E-state index in [2.05, 4.69) is 8.92 Å². The van der Waals surface area contributed by atoms with Crippen LogP contribution in [0.25, 0.3) is 0 Å². The Morgan fingerprint density at radius 2 is 2.00 bits per heavy atom. The Hall–Kier alpha value is -2.21. The summed E-state index contributed by atoms with van der Waals surface area (Å²) in [5.74, 6) is -1.24. The van der Waals surface area contributed by atoms with E-state index in [1.165, 1.54) is 25.1 Å². The van der Waals surface area contributed by atoms with Crippen molar-refractivity contribution >= 4 is 21.8 Å². The molecular weight excluding hydrogens is 383 g/mol. The van der Waals surface area contributed by atoms with Crippen LogP contribution in [0.15, 0.2) is 24.3 Å². The number of non-ortho nitro benzene ring substituents is 1. The zero-order valence-electron chi connectivity index (χ0n) is 13.6. The molecule has 1 aromatic carbocycles. The van der Waals surface area contributed by atoms with Crippen LogP contribution in [0.5, 0.6) is 0 Å². The van der Waals surface area contributed by atoms with E-state index in [0.29, 0.717) is 5.56 Å². The van der Waals surface area contributed by atoms with Crippen LogP contribution in [0.1, 0.15) is 25.3 Å². The molecule has 0 aliphatic heterocycles. The fourth-order valence-corrected chi connectivity index (χ4v) is 2.55. The van der Waals surface area contributed by atoms with Crippen LogP contribution in [0, 0.1) is 10.1 Å². The smallest absolute Gasteiger partial charge is 0.464 e. The second-order valence-corrected chi connectivity index (χ2v) is 6.62. The molecule has 0 heterocycles.